The van der Waals surface area contributed by atoms with Crippen LogP contribution in [0.4, 0.5) is 5.69 Å². The summed E-state index contributed by atoms with van der Waals surface area (Å²) < 4.78 is 1.45. The summed E-state index contributed by atoms with van der Waals surface area (Å²) in [7, 11) is 0. The number of aromatic nitrogens is 3. The third-order valence-corrected chi connectivity index (χ3v) is 5.41. The van der Waals surface area contributed by atoms with Crippen molar-refractivity contribution in [3.8, 4) is 5.13 Å². The van der Waals surface area contributed by atoms with E-state index >= 15 is 0 Å². The molecule has 2 N–H and O–H groups in total. The highest BCUT2D eigenvalue weighted by atomic mass is 35.5. The van der Waals surface area contributed by atoms with Crippen LogP contribution in [0.2, 0.25) is 5.02 Å². The first-order valence-corrected chi connectivity index (χ1v) is 9.35. The summed E-state index contributed by atoms with van der Waals surface area (Å²) in [5, 5.41) is 7.01. The van der Waals surface area contributed by atoms with E-state index in [0.29, 0.717) is 27.8 Å². The normalized spacial score (nSPS) is 10.9. The second-order valence-electron chi connectivity index (χ2n) is 6.05. The molecule has 0 radical (unpaired) electrons. The number of nitrogens with one attached hydrogen (secondary N) is 2. The highest BCUT2D eigenvalue weighted by molar-refractivity contribution is 7.14. The summed E-state index contributed by atoms with van der Waals surface area (Å²) in [6, 6.07) is 6.96. The molecule has 0 aliphatic rings. The smallest absolute Gasteiger partial charge is 0.276 e. The number of carbonyl (C=O) groups is 1. The Kier molecular flexibility index (Phi) is 5.29. The highest BCUT2D eigenvalue weighted by Crippen LogP contribution is 2.20. The molecule has 0 saturated carbocycles. The van der Waals surface area contributed by atoms with Crippen LogP contribution < -0.4 is 10.9 Å². The minimum absolute atomic E-state index is 0.160. The Morgan fingerprint density at radius 3 is 2.77 bits per heavy atom. The molecule has 0 aliphatic heterocycles. The fraction of sp³-hybridized carbons (Fsp3) is 0.278. The lowest BCUT2D eigenvalue weighted by molar-refractivity contribution is -0.116. The van der Waals surface area contributed by atoms with Crippen molar-refractivity contribution in [2.24, 2.45) is 0 Å². The zero-order valence-corrected chi connectivity index (χ0v) is 16.3. The van der Waals surface area contributed by atoms with Gasteiger partial charge in [0.1, 0.15) is 0 Å². The first-order valence-electron chi connectivity index (χ1n) is 8.15. The Hall–Kier alpha value is -2.38. The molecule has 26 heavy (non-hydrogen) atoms. The van der Waals surface area contributed by atoms with Crippen LogP contribution in [0.1, 0.15) is 28.2 Å². The zero-order chi connectivity index (χ0) is 18.8. The van der Waals surface area contributed by atoms with Gasteiger partial charge in [-0.25, -0.2) is 4.98 Å². The van der Waals surface area contributed by atoms with Crippen molar-refractivity contribution in [3.05, 3.63) is 61.5 Å². The number of halogens is 1. The molecule has 8 heteroatoms. The molecule has 0 atom stereocenters. The Bertz CT molecular complexity index is 999. The fourth-order valence-electron chi connectivity index (χ4n) is 2.59. The van der Waals surface area contributed by atoms with Gasteiger partial charge in [-0.3, -0.25) is 14.7 Å². The summed E-state index contributed by atoms with van der Waals surface area (Å²) >= 11 is 7.37. The zero-order valence-electron chi connectivity index (χ0n) is 14.7. The Balaban J connectivity index is 1.72. The van der Waals surface area contributed by atoms with Crippen molar-refractivity contribution in [1.29, 1.82) is 0 Å². The number of H-pyrrole nitrogens is 1. The van der Waals surface area contributed by atoms with Crippen LogP contribution in [0.3, 0.4) is 0 Å². The van der Waals surface area contributed by atoms with E-state index in [1.165, 1.54) is 16.0 Å². The lowest BCUT2D eigenvalue weighted by atomic mass is 10.1. The average Bonchev–Trinajstić information content (AvgIpc) is 3.05. The summed E-state index contributed by atoms with van der Waals surface area (Å²) in [6.07, 6.45) is 0.556. The number of anilines is 1. The minimum atomic E-state index is -0.167. The summed E-state index contributed by atoms with van der Waals surface area (Å²) in [4.78, 5) is 30.3. The van der Waals surface area contributed by atoms with E-state index in [-0.39, 0.29) is 17.9 Å². The van der Waals surface area contributed by atoms with Gasteiger partial charge >= 0.3 is 0 Å². The predicted octanol–water partition coefficient (Wildman–Crippen LogP) is 3.77. The topological polar surface area (TPSA) is 79.8 Å². The van der Waals surface area contributed by atoms with Crippen molar-refractivity contribution in [2.75, 3.05) is 5.32 Å². The number of aryl methyl sites for hydroxylation is 3. The van der Waals surface area contributed by atoms with Gasteiger partial charge in [0.2, 0.25) is 11.0 Å². The van der Waals surface area contributed by atoms with Gasteiger partial charge in [-0.15, -0.1) is 0 Å². The van der Waals surface area contributed by atoms with Gasteiger partial charge in [0.25, 0.3) is 5.56 Å². The number of rotatable bonds is 5. The summed E-state index contributed by atoms with van der Waals surface area (Å²) in [6.45, 7) is 5.71. The monoisotopic (exact) mass is 390 g/mol. The Morgan fingerprint density at radius 2 is 2.12 bits per heavy atom. The van der Waals surface area contributed by atoms with Crippen molar-refractivity contribution in [3.63, 3.8) is 0 Å². The van der Waals surface area contributed by atoms with E-state index in [4.69, 9.17) is 11.6 Å². The third kappa shape index (κ3) is 3.89. The molecule has 0 saturated heterocycles. The van der Waals surface area contributed by atoms with Crippen LogP contribution in [0.15, 0.2) is 29.1 Å². The molecule has 2 aromatic heterocycles. The Labute approximate surface area is 159 Å². The minimum Gasteiger partial charge on any atom is -0.326 e. The van der Waals surface area contributed by atoms with Crippen molar-refractivity contribution in [2.45, 2.75) is 33.6 Å². The number of carbonyl (C=O) groups excluding carboxylic acids is 1. The van der Waals surface area contributed by atoms with Crippen molar-refractivity contribution in [1.82, 2.24) is 14.8 Å². The molecular formula is C18H19ClN4O2S. The van der Waals surface area contributed by atoms with Gasteiger partial charge in [-0.1, -0.05) is 29.0 Å². The largest absolute Gasteiger partial charge is 0.326 e. The van der Waals surface area contributed by atoms with Gasteiger partial charge in [-0.2, -0.15) is 4.68 Å². The number of nitrogens with zero attached hydrogens (tertiary/aromatic N) is 2. The number of aromatic amines is 1. The Morgan fingerprint density at radius 1 is 1.35 bits per heavy atom. The molecule has 0 aliphatic carbocycles. The molecule has 2 heterocycles. The maximum absolute atomic E-state index is 12.7. The first kappa shape index (κ1) is 18.4. The number of hydrogen-bond donors (Lipinski definition) is 2. The van der Waals surface area contributed by atoms with Crippen LogP contribution in [0.5, 0.6) is 0 Å². The van der Waals surface area contributed by atoms with Gasteiger partial charge in [0.15, 0.2) is 0 Å². The third-order valence-electron chi connectivity index (χ3n) is 4.11. The molecule has 0 bridgehead atoms. The molecule has 0 fully saturated rings. The maximum Gasteiger partial charge on any atom is 0.276 e. The molecule has 136 valence electrons. The van der Waals surface area contributed by atoms with Gasteiger partial charge in [0, 0.05) is 33.3 Å². The SMILES string of the molecule is Cc1nc(-n2[nH]c(C)c(CCC(=O)Nc3cccc(Cl)c3)c2=O)sc1C. The number of thiazole rings is 1. The fourth-order valence-corrected chi connectivity index (χ4v) is 3.65. The van der Waals surface area contributed by atoms with Crippen molar-refractivity contribution < 1.29 is 4.79 Å². The van der Waals surface area contributed by atoms with Crippen LogP contribution in [-0.4, -0.2) is 20.7 Å². The van der Waals surface area contributed by atoms with Crippen LogP contribution in [0.25, 0.3) is 5.13 Å². The van der Waals surface area contributed by atoms with Crippen LogP contribution in [0, 0.1) is 20.8 Å². The predicted molar refractivity (Wildman–Crippen MR) is 105 cm³/mol. The van der Waals surface area contributed by atoms with Crippen molar-refractivity contribution >= 4 is 34.5 Å². The lowest BCUT2D eigenvalue weighted by Crippen LogP contribution is -2.19. The number of hydrogen-bond acceptors (Lipinski definition) is 4. The molecule has 3 rings (SSSR count). The van der Waals surface area contributed by atoms with E-state index < -0.39 is 0 Å². The van der Waals surface area contributed by atoms with E-state index in [9.17, 15) is 9.59 Å². The summed E-state index contributed by atoms with van der Waals surface area (Å²) in [5.74, 6) is -0.167. The van der Waals surface area contributed by atoms with E-state index in [0.717, 1.165) is 16.3 Å². The van der Waals surface area contributed by atoms with Gasteiger partial charge in [-0.05, 0) is 45.4 Å². The van der Waals surface area contributed by atoms with Gasteiger partial charge in [0.05, 0.1) is 5.69 Å². The standard InChI is InChI=1S/C18H19ClN4O2S/c1-10-12(3)26-18(20-10)23-17(25)15(11(2)22-23)7-8-16(24)21-14-6-4-5-13(19)9-14/h4-6,9,22H,7-8H2,1-3H3,(H,21,24). The van der Waals surface area contributed by atoms with Crippen LogP contribution in [-0.2, 0) is 11.2 Å². The van der Waals surface area contributed by atoms with Gasteiger partial charge < -0.3 is 5.32 Å². The summed E-state index contributed by atoms with van der Waals surface area (Å²) in [5.41, 5.74) is 2.73. The second kappa shape index (κ2) is 7.47. The number of benzene rings is 1. The first-order chi connectivity index (χ1) is 12.3. The molecule has 1 amide bonds. The van der Waals surface area contributed by atoms with E-state index in [1.54, 1.807) is 24.3 Å². The van der Waals surface area contributed by atoms with E-state index in [1.807, 2.05) is 20.8 Å². The maximum atomic E-state index is 12.7. The highest BCUT2D eigenvalue weighted by Gasteiger charge is 2.16. The molecule has 0 spiro atoms. The molecular weight excluding hydrogens is 372 g/mol. The molecule has 1 aromatic carbocycles. The molecule has 0 unspecified atom stereocenters. The number of amides is 1. The van der Waals surface area contributed by atoms with E-state index in [2.05, 4.69) is 15.4 Å². The second-order valence-corrected chi connectivity index (χ2v) is 7.67. The quantitative estimate of drug-likeness (QED) is 0.695. The molecule has 3 aromatic rings. The molecule has 6 nitrogen and oxygen atoms in total. The van der Waals surface area contributed by atoms with Crippen LogP contribution >= 0.6 is 22.9 Å². The lowest BCUT2D eigenvalue weighted by Gasteiger charge is -2.05. The average molecular weight is 391 g/mol.